The van der Waals surface area contributed by atoms with Gasteiger partial charge in [-0.1, -0.05) is 15.9 Å². The first kappa shape index (κ1) is 37.0. The van der Waals surface area contributed by atoms with Gasteiger partial charge in [0, 0.05) is 12.0 Å². The van der Waals surface area contributed by atoms with Gasteiger partial charge < -0.3 is 35.2 Å². The maximum Gasteiger partial charge on any atom is 0.215 e. The Labute approximate surface area is 295 Å². The minimum absolute atomic E-state index is 0.0156. The third-order valence-electron chi connectivity index (χ3n) is 7.59. The van der Waals surface area contributed by atoms with E-state index in [1.807, 2.05) is 0 Å². The predicted molar refractivity (Wildman–Crippen MR) is 181 cm³/mol. The second-order valence-corrected chi connectivity index (χ2v) is 12.3. The lowest BCUT2D eigenvalue weighted by Crippen LogP contribution is -2.38. The largest absolute Gasteiger partial charge is 0.492 e. The standard InChI is InChI=1S/C9H6BrFO2.C9H10FNO2.C9H6FNO2.C9H7FO2/c10-7-4-13-8-2-1-5(11)3-6(8)9(7)12;2*10-5-1-2-8-6(3-5)9(12)7(11)4-13-8;10-6-1-2-9-7(5-6)8(11)3-4-12-9/h1-3,7H,4H2;1-3,7,9,12H,4,11H2;1-4H,11H2;1-2,5H,3-4H2. The van der Waals surface area contributed by atoms with Crippen LogP contribution in [-0.4, -0.2) is 47.4 Å². The first-order chi connectivity index (χ1) is 24.3. The molecule has 51 heavy (non-hydrogen) atoms. The van der Waals surface area contributed by atoms with Crippen LogP contribution >= 0.6 is 15.9 Å². The number of carbonyl (C=O) groups is 2. The fourth-order valence-electron chi connectivity index (χ4n) is 4.97. The molecule has 10 nitrogen and oxygen atoms in total. The number of halogens is 5. The van der Waals surface area contributed by atoms with E-state index in [4.69, 9.17) is 30.1 Å². The summed E-state index contributed by atoms with van der Waals surface area (Å²) in [5.41, 5.74) is 11.9. The van der Waals surface area contributed by atoms with E-state index >= 15 is 0 Å². The van der Waals surface area contributed by atoms with Crippen LogP contribution in [-0.2, 0) is 0 Å². The lowest BCUT2D eigenvalue weighted by atomic mass is 10.00. The number of aliphatic hydroxyl groups excluding tert-OH is 1. The van der Waals surface area contributed by atoms with Crippen molar-refractivity contribution in [2.45, 2.75) is 23.4 Å². The fraction of sp³-hybridized carbons (Fsp3) is 0.194. The lowest BCUT2D eigenvalue weighted by molar-refractivity contribution is 0.0910. The maximum absolute atomic E-state index is 12.8. The van der Waals surface area contributed by atoms with Crippen molar-refractivity contribution in [3.05, 3.63) is 129 Å². The first-order valence-electron chi connectivity index (χ1n) is 15.2. The number of hydrogen-bond donors (Lipinski definition) is 3. The van der Waals surface area contributed by atoms with Crippen LogP contribution < -0.4 is 31.1 Å². The molecule has 0 spiro atoms. The molecule has 0 saturated carbocycles. The number of ether oxygens (including phenoxy) is 3. The van der Waals surface area contributed by atoms with E-state index in [2.05, 4.69) is 15.9 Å². The van der Waals surface area contributed by atoms with Gasteiger partial charge in [-0.25, -0.2) is 17.6 Å². The summed E-state index contributed by atoms with van der Waals surface area (Å²) < 4.78 is 71.5. The van der Waals surface area contributed by atoms with E-state index < -0.39 is 40.8 Å². The van der Waals surface area contributed by atoms with E-state index in [9.17, 15) is 37.1 Å². The number of alkyl halides is 1. The van der Waals surface area contributed by atoms with E-state index in [1.165, 1.54) is 66.7 Å². The van der Waals surface area contributed by atoms with Crippen LogP contribution in [0.1, 0.15) is 38.8 Å². The van der Waals surface area contributed by atoms with Gasteiger partial charge >= 0.3 is 0 Å². The van der Waals surface area contributed by atoms with Gasteiger partial charge in [0.25, 0.3) is 0 Å². The number of fused-ring (bicyclic) bond motifs is 4. The summed E-state index contributed by atoms with van der Waals surface area (Å²) in [6, 6.07) is 15.2. The Hall–Kier alpha value is -5.25. The average molecular weight is 774 g/mol. The highest BCUT2D eigenvalue weighted by Crippen LogP contribution is 2.32. The van der Waals surface area contributed by atoms with Gasteiger partial charge in [0.15, 0.2) is 11.6 Å². The Morgan fingerprint density at radius 1 is 0.725 bits per heavy atom. The third kappa shape index (κ3) is 8.92. The van der Waals surface area contributed by atoms with Crippen LogP contribution in [0.15, 0.2) is 88.3 Å². The summed E-state index contributed by atoms with van der Waals surface area (Å²) in [5.74, 6) is -0.396. The molecule has 15 heteroatoms. The smallest absolute Gasteiger partial charge is 0.215 e. The number of carbonyl (C=O) groups excluding carboxylic acids is 2. The van der Waals surface area contributed by atoms with E-state index in [1.54, 1.807) is 0 Å². The molecule has 4 heterocycles. The van der Waals surface area contributed by atoms with E-state index in [0.29, 0.717) is 59.2 Å². The SMILES string of the molecule is NC1COc2ccc(F)cc2C1O.Nc1coc2ccc(F)cc2c1=O.O=C1CCOc2ccc(F)cc21.O=C1c2cc(F)ccc2OCC1Br. The second-order valence-electron chi connectivity index (χ2n) is 11.2. The molecule has 3 atom stereocenters. The van der Waals surface area contributed by atoms with Crippen molar-refractivity contribution in [2.24, 2.45) is 5.73 Å². The average Bonchev–Trinajstić information content (AvgIpc) is 3.12. The number of rotatable bonds is 0. The highest BCUT2D eigenvalue weighted by atomic mass is 79.9. The van der Waals surface area contributed by atoms with Crippen LogP contribution in [0.5, 0.6) is 17.2 Å². The molecule has 0 bridgehead atoms. The Morgan fingerprint density at radius 2 is 1.29 bits per heavy atom. The minimum Gasteiger partial charge on any atom is -0.492 e. The molecular formula is C36H29BrF4N2O8. The molecule has 266 valence electrons. The minimum atomic E-state index is -0.834. The van der Waals surface area contributed by atoms with E-state index in [0.717, 1.165) is 12.3 Å². The molecule has 0 saturated heterocycles. The van der Waals surface area contributed by atoms with Crippen molar-refractivity contribution in [1.82, 2.24) is 0 Å². The molecule has 3 aliphatic rings. The Morgan fingerprint density at radius 3 is 2.00 bits per heavy atom. The monoisotopic (exact) mass is 772 g/mol. The first-order valence-corrected chi connectivity index (χ1v) is 16.1. The van der Waals surface area contributed by atoms with E-state index in [-0.39, 0.29) is 34.1 Å². The van der Waals surface area contributed by atoms with Gasteiger partial charge in [0.1, 0.15) is 82.2 Å². The number of ketones is 2. The van der Waals surface area contributed by atoms with Crippen molar-refractivity contribution < 1.29 is 50.9 Å². The molecule has 0 aliphatic carbocycles. The highest BCUT2D eigenvalue weighted by molar-refractivity contribution is 9.10. The van der Waals surface area contributed by atoms with Gasteiger partial charge in [-0.15, -0.1) is 0 Å². The van der Waals surface area contributed by atoms with Gasteiger partial charge in [-0.05, 0) is 72.8 Å². The van der Waals surface area contributed by atoms with Crippen LogP contribution in [0.4, 0.5) is 23.2 Å². The lowest BCUT2D eigenvalue weighted by Gasteiger charge is -2.27. The third-order valence-corrected chi connectivity index (χ3v) is 8.27. The summed E-state index contributed by atoms with van der Waals surface area (Å²) in [6.07, 6.45) is 0.665. The van der Waals surface area contributed by atoms with Crippen LogP contribution in [0.3, 0.4) is 0 Å². The van der Waals surface area contributed by atoms with Crippen molar-refractivity contribution in [2.75, 3.05) is 25.6 Å². The van der Waals surface area contributed by atoms with Crippen molar-refractivity contribution >= 4 is 44.2 Å². The number of nitrogen functional groups attached to an aromatic ring is 1. The zero-order valence-electron chi connectivity index (χ0n) is 26.4. The fourth-order valence-corrected chi connectivity index (χ4v) is 5.35. The van der Waals surface area contributed by atoms with Gasteiger partial charge in [-0.2, -0.15) is 0 Å². The van der Waals surface area contributed by atoms with Gasteiger partial charge in [-0.3, -0.25) is 14.4 Å². The van der Waals surface area contributed by atoms with Crippen LogP contribution in [0.25, 0.3) is 11.0 Å². The molecule has 3 unspecified atom stereocenters. The molecule has 5 aromatic rings. The Kier molecular flexibility index (Phi) is 11.7. The quantitative estimate of drug-likeness (QED) is 0.125. The highest BCUT2D eigenvalue weighted by Gasteiger charge is 2.27. The molecule has 1 aromatic heterocycles. The number of aliphatic hydroxyl groups is 1. The molecule has 0 radical (unpaired) electrons. The summed E-state index contributed by atoms with van der Waals surface area (Å²) >= 11 is 3.15. The van der Waals surface area contributed by atoms with Crippen molar-refractivity contribution in [3.8, 4) is 17.2 Å². The summed E-state index contributed by atoms with van der Waals surface area (Å²) in [6.45, 7) is 0.967. The van der Waals surface area contributed by atoms with Crippen molar-refractivity contribution in [1.29, 1.82) is 0 Å². The van der Waals surface area contributed by atoms with Crippen molar-refractivity contribution in [3.63, 3.8) is 0 Å². The molecule has 0 fully saturated rings. The number of hydrogen-bond acceptors (Lipinski definition) is 10. The maximum atomic E-state index is 12.8. The number of benzene rings is 4. The van der Waals surface area contributed by atoms with Gasteiger partial charge in [0.2, 0.25) is 5.43 Å². The van der Waals surface area contributed by atoms with Crippen LogP contribution in [0, 0.1) is 23.3 Å². The molecule has 0 amide bonds. The molecule has 5 N–H and O–H groups in total. The van der Waals surface area contributed by atoms with Gasteiger partial charge in [0.05, 0.1) is 29.2 Å². The summed E-state index contributed by atoms with van der Waals surface area (Å²) in [5, 5.41) is 9.75. The molecule has 3 aliphatic heterocycles. The Balaban J connectivity index is 0.000000132. The zero-order valence-corrected chi connectivity index (χ0v) is 28.0. The van der Waals surface area contributed by atoms with Crippen LogP contribution in [0.2, 0.25) is 0 Å². The normalized spacial score (nSPS) is 18.3. The topological polar surface area (TPSA) is 164 Å². The molecular weight excluding hydrogens is 744 g/mol. The summed E-state index contributed by atoms with van der Waals surface area (Å²) in [7, 11) is 0. The molecule has 8 rings (SSSR count). The Bertz CT molecular complexity index is 2140. The number of Topliss-reactive ketones (excluding diaryl/α,β-unsaturated/α-hetero) is 2. The number of anilines is 1. The second kappa shape index (κ2) is 16.2. The summed E-state index contributed by atoms with van der Waals surface area (Å²) in [4.78, 5) is 33.6. The number of nitrogens with two attached hydrogens (primary N) is 2. The molecule has 4 aromatic carbocycles. The zero-order chi connectivity index (χ0) is 36.8. The predicted octanol–water partition coefficient (Wildman–Crippen LogP) is 6.05.